The van der Waals surface area contributed by atoms with Crippen molar-refractivity contribution in [2.75, 3.05) is 6.61 Å². The van der Waals surface area contributed by atoms with E-state index in [1.165, 1.54) is 4.90 Å². The maximum atomic E-state index is 13.7. The topological polar surface area (TPSA) is 84.9 Å². The summed E-state index contributed by atoms with van der Waals surface area (Å²) in [7, 11) is 0. The molecule has 34 heavy (non-hydrogen) atoms. The Morgan fingerprint density at radius 1 is 1.21 bits per heavy atom. The molecular weight excluding hydrogens is 432 g/mol. The molecule has 0 aliphatic heterocycles. The van der Waals surface area contributed by atoms with E-state index in [4.69, 9.17) is 9.15 Å². The summed E-state index contributed by atoms with van der Waals surface area (Å²) in [5, 5.41) is 11.2. The number of nitrogens with zero attached hydrogens (tertiary/aromatic N) is 2. The molecule has 7 heteroatoms. The van der Waals surface area contributed by atoms with Crippen LogP contribution in [0.1, 0.15) is 60.1 Å². The van der Waals surface area contributed by atoms with Crippen molar-refractivity contribution in [3.8, 4) is 17.1 Å². The molecule has 3 aromatic rings. The van der Waals surface area contributed by atoms with E-state index in [1.54, 1.807) is 10.8 Å². The highest BCUT2D eigenvalue weighted by Crippen LogP contribution is 2.34. The van der Waals surface area contributed by atoms with Gasteiger partial charge in [-0.25, -0.2) is 4.79 Å². The minimum atomic E-state index is -1.04. The van der Waals surface area contributed by atoms with E-state index >= 15 is 0 Å². The van der Waals surface area contributed by atoms with Crippen molar-refractivity contribution >= 4 is 16.9 Å². The van der Waals surface area contributed by atoms with Crippen LogP contribution in [-0.2, 0) is 13.1 Å². The highest BCUT2D eigenvalue weighted by molar-refractivity contribution is 5.92. The quantitative estimate of drug-likeness (QED) is 0.369. The summed E-state index contributed by atoms with van der Waals surface area (Å²) in [4.78, 5) is 27.2. The van der Waals surface area contributed by atoms with Gasteiger partial charge in [-0.2, -0.15) is 0 Å². The number of fused-ring (bicyclic) bond motifs is 1. The Kier molecular flexibility index (Phi) is 7.75. The SMILES string of the molecule is CCCCOc1c(CN(C(=O)O)C(C)(C)C)n(CC(C)C)c(=O)c2ccc(-c3ccco3)cc12. The number of hydrogen-bond acceptors (Lipinski definition) is 4. The Hall–Kier alpha value is -3.22. The third-order valence-corrected chi connectivity index (χ3v) is 5.77. The van der Waals surface area contributed by atoms with Gasteiger partial charge in [0.25, 0.3) is 5.56 Å². The number of benzene rings is 1. The molecular formula is C27H36N2O5. The standard InChI is InChI=1S/C27H36N2O5/c1-7-8-13-34-24-21-15-19(23-10-9-14-33-23)11-12-20(21)25(30)28(16-18(2)3)22(24)17-29(26(31)32)27(4,5)6/h9-12,14-15,18H,7-8,13,16-17H2,1-6H3,(H,31,32). The molecule has 2 aromatic heterocycles. The average molecular weight is 469 g/mol. The molecule has 1 amide bonds. The molecule has 3 rings (SSSR count). The van der Waals surface area contributed by atoms with Crippen LogP contribution in [0, 0.1) is 5.92 Å². The lowest BCUT2D eigenvalue weighted by Gasteiger charge is -2.34. The van der Waals surface area contributed by atoms with Gasteiger partial charge in [0.15, 0.2) is 0 Å². The van der Waals surface area contributed by atoms with Gasteiger partial charge in [-0.05, 0) is 57.4 Å². The highest BCUT2D eigenvalue weighted by atomic mass is 16.5. The fourth-order valence-corrected chi connectivity index (χ4v) is 4.00. The van der Waals surface area contributed by atoms with Crippen LogP contribution in [0.25, 0.3) is 22.1 Å². The fraction of sp³-hybridized carbons (Fsp3) is 0.481. The summed E-state index contributed by atoms with van der Waals surface area (Å²) < 4.78 is 13.6. The summed E-state index contributed by atoms with van der Waals surface area (Å²) in [6, 6.07) is 9.27. The predicted molar refractivity (Wildman–Crippen MR) is 134 cm³/mol. The van der Waals surface area contributed by atoms with Gasteiger partial charge in [0.1, 0.15) is 11.5 Å². The molecule has 184 valence electrons. The Labute approximate surface area is 200 Å². The number of hydrogen-bond donors (Lipinski definition) is 1. The van der Waals surface area contributed by atoms with Crippen LogP contribution in [0.2, 0.25) is 0 Å². The Morgan fingerprint density at radius 2 is 1.94 bits per heavy atom. The Bertz CT molecular complexity index is 1190. The molecule has 0 saturated carbocycles. The van der Waals surface area contributed by atoms with E-state index in [-0.39, 0.29) is 18.0 Å². The van der Waals surface area contributed by atoms with Crippen LogP contribution in [0.3, 0.4) is 0 Å². The van der Waals surface area contributed by atoms with E-state index < -0.39 is 11.6 Å². The third-order valence-electron chi connectivity index (χ3n) is 5.77. The zero-order valence-electron chi connectivity index (χ0n) is 21.1. The van der Waals surface area contributed by atoms with Gasteiger partial charge in [-0.1, -0.05) is 33.3 Å². The molecule has 0 unspecified atom stereocenters. The number of pyridine rings is 1. The second-order valence-corrected chi connectivity index (χ2v) is 10.1. The molecule has 0 radical (unpaired) electrons. The first-order chi connectivity index (χ1) is 16.0. The van der Waals surface area contributed by atoms with Gasteiger partial charge in [-0.3, -0.25) is 9.69 Å². The largest absolute Gasteiger partial charge is 0.491 e. The number of carbonyl (C=O) groups is 1. The van der Waals surface area contributed by atoms with Crippen molar-refractivity contribution in [3.05, 3.63) is 52.6 Å². The van der Waals surface area contributed by atoms with E-state index in [0.717, 1.165) is 18.4 Å². The van der Waals surface area contributed by atoms with Crippen LogP contribution in [0.4, 0.5) is 4.79 Å². The third kappa shape index (κ3) is 5.46. The van der Waals surface area contributed by atoms with Crippen LogP contribution < -0.4 is 10.3 Å². The van der Waals surface area contributed by atoms with Gasteiger partial charge < -0.3 is 18.8 Å². The number of furan rings is 1. The lowest BCUT2D eigenvalue weighted by Crippen LogP contribution is -2.45. The zero-order chi connectivity index (χ0) is 25.0. The number of unbranched alkanes of at least 4 members (excludes halogenated alkanes) is 1. The molecule has 0 saturated heterocycles. The van der Waals surface area contributed by atoms with E-state index in [2.05, 4.69) is 6.92 Å². The van der Waals surface area contributed by atoms with E-state index in [0.29, 0.717) is 41.1 Å². The normalized spacial score (nSPS) is 11.9. The maximum absolute atomic E-state index is 13.7. The molecule has 1 N–H and O–H groups in total. The van der Waals surface area contributed by atoms with Crippen molar-refractivity contribution in [2.45, 2.75) is 73.0 Å². The first kappa shape index (κ1) is 25.4. The van der Waals surface area contributed by atoms with E-state index in [1.807, 2.05) is 65.0 Å². The van der Waals surface area contributed by atoms with Crippen molar-refractivity contribution < 1.29 is 19.1 Å². The molecule has 0 aliphatic rings. The molecule has 0 aliphatic carbocycles. The van der Waals surface area contributed by atoms with Gasteiger partial charge in [0.05, 0.1) is 30.5 Å². The van der Waals surface area contributed by atoms with Crippen LogP contribution >= 0.6 is 0 Å². The fourth-order valence-electron chi connectivity index (χ4n) is 4.00. The van der Waals surface area contributed by atoms with E-state index in [9.17, 15) is 14.7 Å². The summed E-state index contributed by atoms with van der Waals surface area (Å²) in [6.07, 6.45) is 2.38. The monoisotopic (exact) mass is 468 g/mol. The van der Waals surface area contributed by atoms with Crippen molar-refractivity contribution in [2.24, 2.45) is 5.92 Å². The average Bonchev–Trinajstić information content (AvgIpc) is 3.29. The molecule has 7 nitrogen and oxygen atoms in total. The summed E-state index contributed by atoms with van der Waals surface area (Å²) in [5.41, 5.74) is 0.606. The lowest BCUT2D eigenvalue weighted by atomic mass is 10.0. The summed E-state index contributed by atoms with van der Waals surface area (Å²) in [5.74, 6) is 1.44. The van der Waals surface area contributed by atoms with Gasteiger partial charge in [0, 0.05) is 23.0 Å². The first-order valence-corrected chi connectivity index (χ1v) is 11.9. The van der Waals surface area contributed by atoms with Crippen LogP contribution in [0.5, 0.6) is 5.75 Å². The van der Waals surface area contributed by atoms with Crippen molar-refractivity contribution in [1.29, 1.82) is 0 Å². The second kappa shape index (κ2) is 10.4. The predicted octanol–water partition coefficient (Wildman–Crippen LogP) is 6.37. The Morgan fingerprint density at radius 3 is 2.50 bits per heavy atom. The van der Waals surface area contributed by atoms with Crippen molar-refractivity contribution in [1.82, 2.24) is 9.47 Å². The maximum Gasteiger partial charge on any atom is 0.408 e. The minimum Gasteiger partial charge on any atom is -0.491 e. The zero-order valence-corrected chi connectivity index (χ0v) is 21.1. The first-order valence-electron chi connectivity index (χ1n) is 11.9. The minimum absolute atomic E-state index is 0.0448. The molecule has 0 bridgehead atoms. The smallest absolute Gasteiger partial charge is 0.408 e. The number of rotatable bonds is 9. The molecule has 0 spiro atoms. The number of ether oxygens (including phenoxy) is 1. The number of carboxylic acid groups (broad SMARTS) is 1. The number of aromatic nitrogens is 1. The summed E-state index contributed by atoms with van der Waals surface area (Å²) in [6.45, 7) is 12.7. The molecule has 2 heterocycles. The van der Waals surface area contributed by atoms with Crippen LogP contribution in [0.15, 0.2) is 45.8 Å². The summed E-state index contributed by atoms with van der Waals surface area (Å²) >= 11 is 0. The Balaban J connectivity index is 2.33. The second-order valence-electron chi connectivity index (χ2n) is 10.1. The van der Waals surface area contributed by atoms with Crippen molar-refractivity contribution in [3.63, 3.8) is 0 Å². The van der Waals surface area contributed by atoms with Gasteiger partial charge >= 0.3 is 6.09 Å². The molecule has 0 fully saturated rings. The molecule has 0 atom stereocenters. The highest BCUT2D eigenvalue weighted by Gasteiger charge is 2.30. The van der Waals surface area contributed by atoms with Gasteiger partial charge in [0.2, 0.25) is 0 Å². The molecule has 1 aromatic carbocycles. The number of amides is 1. The van der Waals surface area contributed by atoms with Gasteiger partial charge in [-0.15, -0.1) is 0 Å². The lowest BCUT2D eigenvalue weighted by molar-refractivity contribution is 0.0927. The van der Waals surface area contributed by atoms with Crippen LogP contribution in [-0.4, -0.2) is 32.8 Å².